The molecule has 3 rings (SSSR count). The lowest BCUT2D eigenvalue weighted by atomic mass is 10.2. The monoisotopic (exact) mass is 334 g/mol. The Labute approximate surface area is 121 Å². The smallest absolute Gasteiger partial charge is 0.337 e. The summed E-state index contributed by atoms with van der Waals surface area (Å²) < 4.78 is 13.6. The molecule has 0 aliphatic heterocycles. The van der Waals surface area contributed by atoms with Crippen molar-refractivity contribution < 1.29 is 14.3 Å². The van der Waals surface area contributed by atoms with E-state index < -0.39 is 5.97 Å². The number of nitrogens with one attached hydrogen (secondary N) is 1. The molecule has 1 aromatic heterocycles. The normalized spacial score (nSPS) is 10.9. The number of nitrogens with zero attached hydrogens (tertiary/aromatic N) is 1. The van der Waals surface area contributed by atoms with E-state index in [1.807, 2.05) is 0 Å². The van der Waals surface area contributed by atoms with E-state index >= 15 is 0 Å². The summed E-state index contributed by atoms with van der Waals surface area (Å²) in [5.74, 6) is -0.903. The maximum atomic E-state index is 13.2. The van der Waals surface area contributed by atoms with Crippen molar-refractivity contribution in [3.8, 4) is 11.4 Å². The Morgan fingerprint density at radius 1 is 1.30 bits per heavy atom. The van der Waals surface area contributed by atoms with Crippen molar-refractivity contribution in [3.05, 3.63) is 52.3 Å². The van der Waals surface area contributed by atoms with Crippen molar-refractivity contribution in [3.63, 3.8) is 0 Å². The average Bonchev–Trinajstić information content (AvgIpc) is 2.85. The Kier molecular flexibility index (Phi) is 3.02. The number of hydrogen-bond acceptors (Lipinski definition) is 2. The first-order valence-corrected chi connectivity index (χ1v) is 6.53. The molecular weight excluding hydrogens is 327 g/mol. The van der Waals surface area contributed by atoms with E-state index in [1.54, 1.807) is 24.3 Å². The fourth-order valence-electron chi connectivity index (χ4n) is 1.98. The molecule has 0 saturated heterocycles. The van der Waals surface area contributed by atoms with Crippen LogP contribution in [-0.2, 0) is 0 Å². The number of hydrogen-bond donors (Lipinski definition) is 2. The van der Waals surface area contributed by atoms with E-state index in [-0.39, 0.29) is 11.4 Å². The molecule has 2 N–H and O–H groups in total. The highest BCUT2D eigenvalue weighted by Crippen LogP contribution is 2.26. The zero-order valence-electron chi connectivity index (χ0n) is 10.0. The van der Waals surface area contributed by atoms with Gasteiger partial charge in [0.2, 0.25) is 0 Å². The van der Waals surface area contributed by atoms with Gasteiger partial charge in [-0.2, -0.15) is 0 Å². The van der Waals surface area contributed by atoms with Gasteiger partial charge in [0.1, 0.15) is 17.2 Å². The van der Waals surface area contributed by atoms with Gasteiger partial charge in [-0.1, -0.05) is 6.07 Å². The number of halogens is 2. The lowest BCUT2D eigenvalue weighted by Crippen LogP contribution is -1.96. The first-order valence-electron chi connectivity index (χ1n) is 5.73. The summed E-state index contributed by atoms with van der Waals surface area (Å²) in [5.41, 5.74) is 1.81. The summed E-state index contributed by atoms with van der Waals surface area (Å²) in [7, 11) is 0. The number of carboxylic acids is 1. The Morgan fingerprint density at radius 3 is 2.80 bits per heavy atom. The molecule has 3 aromatic rings. The fraction of sp³-hybridized carbons (Fsp3) is 0. The first-order chi connectivity index (χ1) is 9.56. The third-order valence-corrected chi connectivity index (χ3v) is 3.54. The highest BCUT2D eigenvalue weighted by atomic mass is 79.9. The van der Waals surface area contributed by atoms with Crippen molar-refractivity contribution in [2.75, 3.05) is 0 Å². The predicted octanol–water partition coefficient (Wildman–Crippen LogP) is 3.83. The summed E-state index contributed by atoms with van der Waals surface area (Å²) in [5, 5.41) is 9.13. The van der Waals surface area contributed by atoms with Gasteiger partial charge in [-0.25, -0.2) is 14.2 Å². The van der Waals surface area contributed by atoms with Gasteiger partial charge in [0.05, 0.1) is 15.6 Å². The highest BCUT2D eigenvalue weighted by Gasteiger charge is 2.13. The number of para-hydroxylation sites is 1. The van der Waals surface area contributed by atoms with Crippen LogP contribution in [-0.4, -0.2) is 21.0 Å². The Morgan fingerprint density at radius 2 is 2.10 bits per heavy atom. The van der Waals surface area contributed by atoms with Gasteiger partial charge in [0.15, 0.2) is 0 Å². The Balaban J connectivity index is 2.20. The minimum Gasteiger partial charge on any atom is -0.478 e. The van der Waals surface area contributed by atoms with Crippen LogP contribution in [0.1, 0.15) is 10.4 Å². The molecule has 0 atom stereocenters. The van der Waals surface area contributed by atoms with Gasteiger partial charge in [0, 0.05) is 5.56 Å². The lowest BCUT2D eigenvalue weighted by molar-refractivity contribution is 0.0699. The largest absolute Gasteiger partial charge is 0.478 e. The van der Waals surface area contributed by atoms with E-state index in [2.05, 4.69) is 25.9 Å². The summed E-state index contributed by atoms with van der Waals surface area (Å²) in [6.07, 6.45) is 0. The van der Waals surface area contributed by atoms with Crippen LogP contribution in [0.25, 0.3) is 22.4 Å². The van der Waals surface area contributed by atoms with Crippen LogP contribution in [0.5, 0.6) is 0 Å². The maximum absolute atomic E-state index is 13.2. The van der Waals surface area contributed by atoms with Gasteiger partial charge >= 0.3 is 5.97 Å². The van der Waals surface area contributed by atoms with E-state index in [9.17, 15) is 9.18 Å². The average molecular weight is 335 g/mol. The topological polar surface area (TPSA) is 66.0 Å². The molecule has 0 radical (unpaired) electrons. The van der Waals surface area contributed by atoms with Crippen molar-refractivity contribution >= 4 is 32.9 Å². The summed E-state index contributed by atoms with van der Waals surface area (Å²) in [6, 6.07) is 9.39. The Hall–Kier alpha value is -2.21. The zero-order chi connectivity index (χ0) is 14.3. The number of H-pyrrole nitrogens is 1. The van der Waals surface area contributed by atoms with Crippen LogP contribution in [0.4, 0.5) is 4.39 Å². The predicted molar refractivity (Wildman–Crippen MR) is 76.1 cm³/mol. The molecule has 100 valence electrons. The summed E-state index contributed by atoms with van der Waals surface area (Å²) in [4.78, 5) is 18.5. The SMILES string of the molecule is O=C(O)c1cccc2[nH]c(-c3ccc(F)c(Br)c3)nc12. The van der Waals surface area contributed by atoms with Gasteiger partial charge in [-0.3, -0.25) is 0 Å². The molecule has 0 saturated carbocycles. The Bertz CT molecular complexity index is 829. The minimum atomic E-state index is -1.03. The third kappa shape index (κ3) is 2.08. The summed E-state index contributed by atoms with van der Waals surface area (Å²) in [6.45, 7) is 0. The second kappa shape index (κ2) is 4.72. The molecule has 0 bridgehead atoms. The molecule has 1 heterocycles. The van der Waals surface area contributed by atoms with Crippen LogP contribution in [0.2, 0.25) is 0 Å². The standard InChI is InChI=1S/C14H8BrFN2O2/c15-9-6-7(4-5-10(9)16)13-17-11-3-1-2-8(14(19)20)12(11)18-13/h1-6H,(H,17,18)(H,19,20). The van der Waals surface area contributed by atoms with Gasteiger partial charge in [0.25, 0.3) is 0 Å². The van der Waals surface area contributed by atoms with E-state index in [0.717, 1.165) is 0 Å². The summed E-state index contributed by atoms with van der Waals surface area (Å²) >= 11 is 3.11. The van der Waals surface area contributed by atoms with Crippen LogP contribution in [0, 0.1) is 5.82 Å². The second-order valence-electron chi connectivity index (χ2n) is 4.22. The number of fused-ring (bicyclic) bond motifs is 1. The number of aromatic carboxylic acids is 1. The molecule has 0 fully saturated rings. The number of aromatic nitrogens is 2. The number of rotatable bonds is 2. The van der Waals surface area contributed by atoms with Gasteiger partial charge in [-0.15, -0.1) is 0 Å². The molecule has 0 spiro atoms. The number of carboxylic acid groups (broad SMARTS) is 1. The van der Waals surface area contributed by atoms with Gasteiger partial charge in [-0.05, 0) is 46.3 Å². The first kappa shape index (κ1) is 12.8. The van der Waals surface area contributed by atoms with E-state index in [1.165, 1.54) is 12.1 Å². The van der Waals surface area contributed by atoms with Crippen molar-refractivity contribution in [2.45, 2.75) is 0 Å². The highest BCUT2D eigenvalue weighted by molar-refractivity contribution is 9.10. The molecular formula is C14H8BrFN2O2. The number of benzene rings is 2. The number of carbonyl (C=O) groups is 1. The van der Waals surface area contributed by atoms with E-state index in [4.69, 9.17) is 5.11 Å². The van der Waals surface area contributed by atoms with Crippen LogP contribution >= 0.6 is 15.9 Å². The molecule has 2 aromatic carbocycles. The molecule has 0 unspecified atom stereocenters. The lowest BCUT2D eigenvalue weighted by Gasteiger charge is -1.98. The van der Waals surface area contributed by atoms with Crippen molar-refractivity contribution in [1.82, 2.24) is 9.97 Å². The molecule has 4 nitrogen and oxygen atoms in total. The fourth-order valence-corrected chi connectivity index (χ4v) is 2.36. The molecule has 0 aliphatic carbocycles. The molecule has 20 heavy (non-hydrogen) atoms. The molecule has 0 aliphatic rings. The quantitative estimate of drug-likeness (QED) is 0.748. The van der Waals surface area contributed by atoms with Crippen LogP contribution in [0.15, 0.2) is 40.9 Å². The third-order valence-electron chi connectivity index (χ3n) is 2.94. The van der Waals surface area contributed by atoms with Crippen LogP contribution < -0.4 is 0 Å². The number of aromatic amines is 1. The maximum Gasteiger partial charge on any atom is 0.337 e. The van der Waals surface area contributed by atoms with Gasteiger partial charge < -0.3 is 10.1 Å². The number of imidazole rings is 1. The minimum absolute atomic E-state index is 0.131. The zero-order valence-corrected chi connectivity index (χ0v) is 11.6. The van der Waals surface area contributed by atoms with Crippen LogP contribution in [0.3, 0.4) is 0 Å². The molecule has 6 heteroatoms. The van der Waals surface area contributed by atoms with Crippen molar-refractivity contribution in [2.24, 2.45) is 0 Å². The molecule has 0 amide bonds. The van der Waals surface area contributed by atoms with Crippen molar-refractivity contribution in [1.29, 1.82) is 0 Å². The second-order valence-corrected chi connectivity index (χ2v) is 5.08. The van der Waals surface area contributed by atoms with E-state index in [0.29, 0.717) is 26.9 Å².